The van der Waals surface area contributed by atoms with Crippen LogP contribution >= 0.6 is 11.3 Å². The Morgan fingerprint density at radius 1 is 1.31 bits per heavy atom. The number of nitrogens with two attached hydrogens (primary N) is 2. The molecule has 5 N–H and O–H groups in total. The van der Waals surface area contributed by atoms with Crippen molar-refractivity contribution in [2.45, 2.75) is 0 Å². The molecule has 1 aromatic heterocycles. The number of para-hydroxylation sites is 1. The summed E-state index contributed by atoms with van der Waals surface area (Å²) in [6.07, 6.45) is 0. The van der Waals surface area contributed by atoms with Crippen LogP contribution in [-0.2, 0) is 0 Å². The molecule has 0 saturated heterocycles. The number of rotatable bonds is 3. The Kier molecular flexibility index (Phi) is 2.78. The predicted molar refractivity (Wildman–Crippen MR) is 67.0 cm³/mol. The van der Waals surface area contributed by atoms with Crippen LogP contribution in [0.4, 0.5) is 17.1 Å². The summed E-state index contributed by atoms with van der Waals surface area (Å²) < 4.78 is 0. The van der Waals surface area contributed by atoms with Gasteiger partial charge in [0, 0.05) is 11.1 Å². The van der Waals surface area contributed by atoms with E-state index in [0.717, 1.165) is 5.69 Å². The number of amides is 1. The summed E-state index contributed by atoms with van der Waals surface area (Å²) in [6.45, 7) is 0. The molecule has 1 heterocycles. The van der Waals surface area contributed by atoms with E-state index in [-0.39, 0.29) is 0 Å². The molecule has 0 spiro atoms. The van der Waals surface area contributed by atoms with Gasteiger partial charge < -0.3 is 16.8 Å². The van der Waals surface area contributed by atoms with Crippen molar-refractivity contribution in [3.8, 4) is 0 Å². The number of benzene rings is 1. The molecule has 0 bridgehead atoms. The van der Waals surface area contributed by atoms with Gasteiger partial charge in [-0.15, -0.1) is 0 Å². The summed E-state index contributed by atoms with van der Waals surface area (Å²) in [4.78, 5) is 11.2. The average Bonchev–Trinajstić information content (AvgIpc) is 2.73. The van der Waals surface area contributed by atoms with Crippen molar-refractivity contribution >= 4 is 34.3 Å². The predicted octanol–water partition coefficient (Wildman–Crippen LogP) is 2.17. The van der Waals surface area contributed by atoms with Crippen molar-refractivity contribution in [2.24, 2.45) is 5.73 Å². The minimum Gasteiger partial charge on any atom is -0.397 e. The molecule has 0 aliphatic rings. The van der Waals surface area contributed by atoms with E-state index in [2.05, 4.69) is 5.32 Å². The third-order valence-corrected chi connectivity index (χ3v) is 2.84. The summed E-state index contributed by atoms with van der Waals surface area (Å²) in [5.41, 5.74) is 13.4. The second-order valence-electron chi connectivity index (χ2n) is 3.27. The maximum atomic E-state index is 11.2. The van der Waals surface area contributed by atoms with Gasteiger partial charge in [0.15, 0.2) is 0 Å². The summed E-state index contributed by atoms with van der Waals surface area (Å²) >= 11 is 1.56. The molecule has 16 heavy (non-hydrogen) atoms. The van der Waals surface area contributed by atoms with E-state index in [4.69, 9.17) is 11.5 Å². The molecule has 0 unspecified atom stereocenters. The fourth-order valence-electron chi connectivity index (χ4n) is 1.39. The number of thiophene rings is 1. The normalized spacial score (nSPS) is 10.0. The van der Waals surface area contributed by atoms with Crippen molar-refractivity contribution in [1.82, 2.24) is 0 Å². The Morgan fingerprint density at radius 3 is 2.75 bits per heavy atom. The number of anilines is 3. The maximum absolute atomic E-state index is 11.2. The number of hydrogen-bond donors (Lipinski definition) is 3. The van der Waals surface area contributed by atoms with Gasteiger partial charge in [-0.3, -0.25) is 4.79 Å². The van der Waals surface area contributed by atoms with Crippen LogP contribution < -0.4 is 16.8 Å². The lowest BCUT2D eigenvalue weighted by Crippen LogP contribution is -2.14. The Bertz CT molecular complexity index is 508. The number of nitrogens with one attached hydrogen (secondary N) is 1. The van der Waals surface area contributed by atoms with Crippen molar-refractivity contribution in [2.75, 3.05) is 11.1 Å². The number of carbonyl (C=O) groups is 1. The molecule has 0 saturated carbocycles. The molecule has 2 rings (SSSR count). The molecule has 1 amide bonds. The molecular weight excluding hydrogens is 222 g/mol. The highest BCUT2D eigenvalue weighted by Gasteiger charge is 2.10. The summed E-state index contributed by atoms with van der Waals surface area (Å²) in [6, 6.07) is 6.98. The van der Waals surface area contributed by atoms with E-state index in [9.17, 15) is 4.79 Å². The second-order valence-corrected chi connectivity index (χ2v) is 4.05. The number of primary amides is 1. The largest absolute Gasteiger partial charge is 0.397 e. The first kappa shape index (κ1) is 10.5. The highest BCUT2D eigenvalue weighted by atomic mass is 32.1. The Hall–Kier alpha value is -2.01. The van der Waals surface area contributed by atoms with E-state index >= 15 is 0 Å². The van der Waals surface area contributed by atoms with Crippen LogP contribution in [0, 0.1) is 0 Å². The van der Waals surface area contributed by atoms with Gasteiger partial charge in [-0.2, -0.15) is 11.3 Å². The Labute approximate surface area is 96.9 Å². The highest BCUT2D eigenvalue weighted by Crippen LogP contribution is 2.27. The quantitative estimate of drug-likeness (QED) is 0.711. The zero-order valence-electron chi connectivity index (χ0n) is 8.44. The minimum atomic E-state index is -0.495. The van der Waals surface area contributed by atoms with Crippen molar-refractivity contribution < 1.29 is 4.79 Å². The van der Waals surface area contributed by atoms with Gasteiger partial charge in [0.25, 0.3) is 5.91 Å². The lowest BCUT2D eigenvalue weighted by atomic mass is 10.1. The molecule has 5 heteroatoms. The zero-order valence-corrected chi connectivity index (χ0v) is 9.25. The Morgan fingerprint density at radius 2 is 2.12 bits per heavy atom. The van der Waals surface area contributed by atoms with Crippen LogP contribution in [0.5, 0.6) is 0 Å². The molecule has 0 radical (unpaired) electrons. The third kappa shape index (κ3) is 1.99. The lowest BCUT2D eigenvalue weighted by molar-refractivity contribution is 0.100. The van der Waals surface area contributed by atoms with Gasteiger partial charge in [-0.1, -0.05) is 6.07 Å². The van der Waals surface area contributed by atoms with E-state index in [1.807, 2.05) is 16.8 Å². The lowest BCUT2D eigenvalue weighted by Gasteiger charge is -2.11. The molecule has 1 aromatic carbocycles. The van der Waals surface area contributed by atoms with Gasteiger partial charge in [0.2, 0.25) is 0 Å². The molecule has 0 fully saturated rings. The molecule has 82 valence electrons. The fraction of sp³-hybridized carbons (Fsp3) is 0. The molecular formula is C11H11N3OS. The summed E-state index contributed by atoms with van der Waals surface area (Å²) in [7, 11) is 0. The molecule has 0 atom stereocenters. The van der Waals surface area contributed by atoms with Crippen molar-refractivity contribution in [3.63, 3.8) is 0 Å². The summed E-state index contributed by atoms with van der Waals surface area (Å²) in [5.74, 6) is -0.495. The first-order valence-electron chi connectivity index (χ1n) is 4.66. The first-order chi connectivity index (χ1) is 7.68. The fourth-order valence-corrected chi connectivity index (χ4v) is 1.98. The van der Waals surface area contributed by atoms with Crippen LogP contribution in [-0.4, -0.2) is 5.91 Å². The van der Waals surface area contributed by atoms with E-state index in [0.29, 0.717) is 16.9 Å². The molecule has 4 nitrogen and oxygen atoms in total. The third-order valence-electron chi connectivity index (χ3n) is 2.15. The number of carbonyl (C=O) groups excluding carboxylic acids is 1. The topological polar surface area (TPSA) is 81.1 Å². The monoisotopic (exact) mass is 233 g/mol. The van der Waals surface area contributed by atoms with Crippen molar-refractivity contribution in [1.29, 1.82) is 0 Å². The standard InChI is InChI=1S/C11H11N3OS/c12-9-3-1-2-8(11(13)15)10(9)14-7-4-5-16-6-7/h1-6,14H,12H2,(H2,13,15). The average molecular weight is 233 g/mol. The van der Waals surface area contributed by atoms with Gasteiger partial charge in [0.1, 0.15) is 0 Å². The maximum Gasteiger partial charge on any atom is 0.250 e. The smallest absolute Gasteiger partial charge is 0.250 e. The number of nitrogen functional groups attached to an aromatic ring is 1. The van der Waals surface area contributed by atoms with Crippen LogP contribution in [0.1, 0.15) is 10.4 Å². The Balaban J connectivity index is 2.42. The van der Waals surface area contributed by atoms with Crippen LogP contribution in [0.2, 0.25) is 0 Å². The van der Waals surface area contributed by atoms with Gasteiger partial charge in [-0.25, -0.2) is 0 Å². The van der Waals surface area contributed by atoms with E-state index < -0.39 is 5.91 Å². The summed E-state index contributed by atoms with van der Waals surface area (Å²) in [5, 5.41) is 6.95. The minimum absolute atomic E-state index is 0.395. The first-order valence-corrected chi connectivity index (χ1v) is 5.60. The van der Waals surface area contributed by atoms with Crippen LogP contribution in [0.25, 0.3) is 0 Å². The van der Waals surface area contributed by atoms with Crippen LogP contribution in [0.15, 0.2) is 35.0 Å². The zero-order chi connectivity index (χ0) is 11.5. The molecule has 0 aliphatic carbocycles. The van der Waals surface area contributed by atoms with Crippen LogP contribution in [0.3, 0.4) is 0 Å². The van der Waals surface area contributed by atoms with E-state index in [1.54, 1.807) is 29.5 Å². The molecule has 0 aliphatic heterocycles. The van der Waals surface area contributed by atoms with Gasteiger partial charge in [-0.05, 0) is 23.6 Å². The second kappa shape index (κ2) is 4.24. The van der Waals surface area contributed by atoms with Gasteiger partial charge >= 0.3 is 0 Å². The van der Waals surface area contributed by atoms with Gasteiger partial charge in [0.05, 0.1) is 16.9 Å². The number of hydrogen-bond acceptors (Lipinski definition) is 4. The van der Waals surface area contributed by atoms with E-state index in [1.165, 1.54) is 0 Å². The highest BCUT2D eigenvalue weighted by molar-refractivity contribution is 7.08. The van der Waals surface area contributed by atoms with Crippen molar-refractivity contribution in [3.05, 3.63) is 40.6 Å². The molecule has 2 aromatic rings. The SMILES string of the molecule is NC(=O)c1cccc(N)c1Nc1ccsc1.